The van der Waals surface area contributed by atoms with Gasteiger partial charge < -0.3 is 4.74 Å². The van der Waals surface area contributed by atoms with E-state index in [0.29, 0.717) is 10.7 Å². The molecule has 1 aliphatic carbocycles. The summed E-state index contributed by atoms with van der Waals surface area (Å²) in [6.07, 6.45) is 4.63. The number of carbonyl (C=O) groups is 1. The van der Waals surface area contributed by atoms with Gasteiger partial charge in [0, 0.05) is 17.0 Å². The van der Waals surface area contributed by atoms with E-state index in [4.69, 9.17) is 16.3 Å². The van der Waals surface area contributed by atoms with Gasteiger partial charge in [-0.2, -0.15) is 0 Å². The van der Waals surface area contributed by atoms with Crippen LogP contribution in [0.3, 0.4) is 0 Å². The first-order chi connectivity index (χ1) is 8.75. The van der Waals surface area contributed by atoms with Crippen LogP contribution in [0.2, 0.25) is 5.15 Å². The molecule has 1 aliphatic rings. The molecule has 92 valence electrons. The van der Waals surface area contributed by atoms with Crippen LogP contribution in [0.15, 0.2) is 30.5 Å². The van der Waals surface area contributed by atoms with Crippen molar-refractivity contribution in [2.24, 2.45) is 0 Å². The second kappa shape index (κ2) is 4.58. The Morgan fingerprint density at radius 3 is 2.67 bits per heavy atom. The molecule has 1 aromatic heterocycles. The fourth-order valence-corrected chi connectivity index (χ4v) is 2.24. The minimum Gasteiger partial charge on any atom is -0.459 e. The quantitative estimate of drug-likeness (QED) is 0.612. The summed E-state index contributed by atoms with van der Waals surface area (Å²) < 4.78 is 5.40. The Kier molecular flexibility index (Phi) is 2.92. The summed E-state index contributed by atoms with van der Waals surface area (Å²) in [4.78, 5) is 16.1. The number of fused-ring (bicyclic) bond motifs is 1. The highest BCUT2D eigenvalue weighted by Gasteiger charge is 2.23. The third-order valence-corrected chi connectivity index (χ3v) is 3.59. The van der Waals surface area contributed by atoms with E-state index < -0.39 is 0 Å². The SMILES string of the molecule is O=C(OC1CCC1)c1cnc(Cl)c2ccccc12. The number of halogens is 1. The van der Waals surface area contributed by atoms with Crippen molar-refractivity contribution in [1.82, 2.24) is 4.98 Å². The van der Waals surface area contributed by atoms with E-state index in [0.717, 1.165) is 30.0 Å². The van der Waals surface area contributed by atoms with Crippen LogP contribution in [-0.4, -0.2) is 17.1 Å². The maximum absolute atomic E-state index is 12.1. The van der Waals surface area contributed by atoms with Gasteiger partial charge in [-0.3, -0.25) is 0 Å². The van der Waals surface area contributed by atoms with Gasteiger partial charge in [-0.15, -0.1) is 0 Å². The van der Waals surface area contributed by atoms with E-state index >= 15 is 0 Å². The third kappa shape index (κ3) is 1.95. The van der Waals surface area contributed by atoms with Gasteiger partial charge in [-0.05, 0) is 19.3 Å². The molecular formula is C14H12ClNO2. The molecule has 1 heterocycles. The van der Waals surface area contributed by atoms with Gasteiger partial charge in [0.05, 0.1) is 5.56 Å². The molecule has 3 nitrogen and oxygen atoms in total. The number of pyridine rings is 1. The molecule has 1 aromatic carbocycles. The number of hydrogen-bond donors (Lipinski definition) is 0. The Morgan fingerprint density at radius 2 is 2.00 bits per heavy atom. The van der Waals surface area contributed by atoms with Crippen molar-refractivity contribution in [3.8, 4) is 0 Å². The van der Waals surface area contributed by atoms with Crippen LogP contribution in [0.1, 0.15) is 29.6 Å². The lowest BCUT2D eigenvalue weighted by Crippen LogP contribution is -2.25. The van der Waals surface area contributed by atoms with Crippen LogP contribution in [0.4, 0.5) is 0 Å². The molecule has 0 spiro atoms. The second-order valence-corrected chi connectivity index (χ2v) is 4.82. The molecule has 18 heavy (non-hydrogen) atoms. The molecule has 0 saturated heterocycles. The Labute approximate surface area is 110 Å². The van der Waals surface area contributed by atoms with Crippen molar-refractivity contribution in [3.05, 3.63) is 41.2 Å². The normalized spacial score (nSPS) is 15.4. The van der Waals surface area contributed by atoms with Crippen LogP contribution in [0, 0.1) is 0 Å². The first-order valence-corrected chi connectivity index (χ1v) is 6.38. The summed E-state index contributed by atoms with van der Waals surface area (Å²) >= 11 is 6.01. The fraction of sp³-hybridized carbons (Fsp3) is 0.286. The summed E-state index contributed by atoms with van der Waals surface area (Å²) in [6, 6.07) is 7.46. The highest BCUT2D eigenvalue weighted by molar-refractivity contribution is 6.34. The number of carbonyl (C=O) groups excluding carboxylic acids is 1. The molecule has 0 radical (unpaired) electrons. The molecule has 1 saturated carbocycles. The topological polar surface area (TPSA) is 39.2 Å². The van der Waals surface area contributed by atoms with Gasteiger partial charge in [0.1, 0.15) is 11.3 Å². The van der Waals surface area contributed by atoms with E-state index in [1.54, 1.807) is 0 Å². The highest BCUT2D eigenvalue weighted by atomic mass is 35.5. The number of aromatic nitrogens is 1. The molecule has 2 aromatic rings. The molecule has 0 bridgehead atoms. The van der Waals surface area contributed by atoms with E-state index in [1.807, 2.05) is 24.3 Å². The molecule has 3 rings (SSSR count). The first kappa shape index (κ1) is 11.5. The minimum atomic E-state index is -0.305. The second-order valence-electron chi connectivity index (χ2n) is 4.47. The average Bonchev–Trinajstić information content (AvgIpc) is 2.34. The monoisotopic (exact) mass is 261 g/mol. The predicted octanol–water partition coefficient (Wildman–Crippen LogP) is 3.60. The van der Waals surface area contributed by atoms with Gasteiger partial charge in [0.15, 0.2) is 0 Å². The van der Waals surface area contributed by atoms with E-state index in [2.05, 4.69) is 4.98 Å². The molecular weight excluding hydrogens is 250 g/mol. The Morgan fingerprint density at radius 1 is 1.28 bits per heavy atom. The smallest absolute Gasteiger partial charge is 0.340 e. The number of rotatable bonds is 2. The number of nitrogens with zero attached hydrogens (tertiary/aromatic N) is 1. The molecule has 0 atom stereocenters. The predicted molar refractivity (Wildman–Crippen MR) is 69.8 cm³/mol. The molecule has 1 fully saturated rings. The zero-order valence-corrected chi connectivity index (χ0v) is 10.5. The first-order valence-electron chi connectivity index (χ1n) is 6.00. The summed E-state index contributed by atoms with van der Waals surface area (Å²) in [7, 11) is 0. The van der Waals surface area contributed by atoms with Crippen LogP contribution in [0.25, 0.3) is 10.8 Å². The van der Waals surface area contributed by atoms with Crippen LogP contribution in [0.5, 0.6) is 0 Å². The van der Waals surface area contributed by atoms with Gasteiger partial charge in [0.25, 0.3) is 0 Å². The number of benzene rings is 1. The lowest BCUT2D eigenvalue weighted by Gasteiger charge is -2.25. The van der Waals surface area contributed by atoms with Crippen molar-refractivity contribution >= 4 is 28.3 Å². The minimum absolute atomic E-state index is 0.0759. The Hall–Kier alpha value is -1.61. The van der Waals surface area contributed by atoms with Crippen molar-refractivity contribution in [3.63, 3.8) is 0 Å². The largest absolute Gasteiger partial charge is 0.459 e. The summed E-state index contributed by atoms with van der Waals surface area (Å²) in [5.41, 5.74) is 0.488. The zero-order valence-electron chi connectivity index (χ0n) is 9.73. The molecule has 0 unspecified atom stereocenters. The molecule has 4 heteroatoms. The van der Waals surface area contributed by atoms with Crippen molar-refractivity contribution in [2.45, 2.75) is 25.4 Å². The van der Waals surface area contributed by atoms with E-state index in [9.17, 15) is 4.79 Å². The van der Waals surface area contributed by atoms with Gasteiger partial charge in [-0.25, -0.2) is 9.78 Å². The van der Waals surface area contributed by atoms with Crippen molar-refractivity contribution in [1.29, 1.82) is 0 Å². The standard InChI is InChI=1S/C14H12ClNO2/c15-13-11-7-2-1-6-10(11)12(8-16-13)14(17)18-9-4-3-5-9/h1-2,6-9H,3-5H2. The van der Waals surface area contributed by atoms with Crippen LogP contribution in [-0.2, 0) is 4.74 Å². The van der Waals surface area contributed by atoms with E-state index in [-0.39, 0.29) is 12.1 Å². The Balaban J connectivity index is 2.00. The van der Waals surface area contributed by atoms with Crippen LogP contribution >= 0.6 is 11.6 Å². The summed E-state index contributed by atoms with van der Waals surface area (Å²) in [5.74, 6) is -0.305. The molecule has 0 aliphatic heterocycles. The third-order valence-electron chi connectivity index (χ3n) is 3.29. The lowest BCUT2D eigenvalue weighted by atomic mass is 9.96. The van der Waals surface area contributed by atoms with Gasteiger partial charge >= 0.3 is 5.97 Å². The van der Waals surface area contributed by atoms with Crippen molar-refractivity contribution < 1.29 is 9.53 Å². The van der Waals surface area contributed by atoms with Gasteiger partial charge in [0.2, 0.25) is 0 Å². The van der Waals surface area contributed by atoms with Crippen LogP contribution < -0.4 is 0 Å². The molecule has 0 N–H and O–H groups in total. The summed E-state index contributed by atoms with van der Waals surface area (Å²) in [6.45, 7) is 0. The number of esters is 1. The fourth-order valence-electron chi connectivity index (χ4n) is 2.02. The van der Waals surface area contributed by atoms with Gasteiger partial charge in [-0.1, -0.05) is 35.9 Å². The Bertz CT molecular complexity index is 608. The molecule has 0 amide bonds. The van der Waals surface area contributed by atoms with E-state index in [1.165, 1.54) is 6.20 Å². The maximum Gasteiger partial charge on any atom is 0.340 e. The lowest BCUT2D eigenvalue weighted by molar-refractivity contribution is 0.00919. The maximum atomic E-state index is 12.1. The average molecular weight is 262 g/mol. The number of ether oxygens (including phenoxy) is 1. The van der Waals surface area contributed by atoms with Crippen molar-refractivity contribution in [2.75, 3.05) is 0 Å². The summed E-state index contributed by atoms with van der Waals surface area (Å²) in [5, 5.41) is 1.98. The number of hydrogen-bond acceptors (Lipinski definition) is 3. The zero-order chi connectivity index (χ0) is 12.5. The highest BCUT2D eigenvalue weighted by Crippen LogP contribution is 2.27.